The third kappa shape index (κ3) is 3.94. The van der Waals surface area contributed by atoms with Crippen molar-refractivity contribution in [2.75, 3.05) is 25.5 Å². The van der Waals surface area contributed by atoms with Gasteiger partial charge >= 0.3 is 0 Å². The van der Waals surface area contributed by atoms with E-state index in [1.165, 1.54) is 31.7 Å². The summed E-state index contributed by atoms with van der Waals surface area (Å²) in [4.78, 5) is 24.6. The minimum atomic E-state index is -0.496. The molecule has 1 aromatic carbocycles. The Bertz CT molecular complexity index is 562. The highest BCUT2D eigenvalue weighted by atomic mass is 16.6. The van der Waals surface area contributed by atoms with Crippen LogP contribution < -0.4 is 10.1 Å². The van der Waals surface area contributed by atoms with Crippen molar-refractivity contribution in [2.45, 2.75) is 32.2 Å². The molecular formula is C15H21N3O4. The zero-order chi connectivity index (χ0) is 16.1. The Morgan fingerprint density at radius 3 is 2.91 bits per heavy atom. The van der Waals surface area contributed by atoms with Gasteiger partial charge in [-0.2, -0.15) is 0 Å². The Kier molecular flexibility index (Phi) is 5.32. The maximum Gasteiger partial charge on any atom is 0.273 e. The predicted octanol–water partition coefficient (Wildman–Crippen LogP) is 2.42. The molecule has 7 heteroatoms. The summed E-state index contributed by atoms with van der Waals surface area (Å²) in [6, 6.07) is 4.55. The van der Waals surface area contributed by atoms with E-state index in [1.807, 2.05) is 0 Å². The molecule has 1 N–H and O–H groups in total. The summed E-state index contributed by atoms with van der Waals surface area (Å²) in [5.74, 6) is 0.148. The SMILES string of the molecule is COc1cc([N+](=O)[O-])ccc1NC(=O)CN1CCCC[C@H]1C. The Morgan fingerprint density at radius 1 is 1.50 bits per heavy atom. The Morgan fingerprint density at radius 2 is 2.27 bits per heavy atom. The Balaban J connectivity index is 2.03. The number of carbonyl (C=O) groups is 1. The van der Waals surface area contributed by atoms with Gasteiger partial charge in [0.15, 0.2) is 0 Å². The van der Waals surface area contributed by atoms with Crippen LogP contribution in [0.4, 0.5) is 11.4 Å². The molecule has 1 amide bonds. The molecule has 1 fully saturated rings. The number of methoxy groups -OCH3 is 1. The lowest BCUT2D eigenvalue weighted by atomic mass is 10.0. The van der Waals surface area contributed by atoms with Gasteiger partial charge in [0.05, 0.1) is 30.3 Å². The molecule has 1 saturated heterocycles. The first-order valence-electron chi connectivity index (χ1n) is 7.37. The molecule has 22 heavy (non-hydrogen) atoms. The van der Waals surface area contributed by atoms with Gasteiger partial charge < -0.3 is 10.1 Å². The number of hydrogen-bond acceptors (Lipinski definition) is 5. The largest absolute Gasteiger partial charge is 0.494 e. The van der Waals surface area contributed by atoms with Gasteiger partial charge in [0.2, 0.25) is 5.91 Å². The lowest BCUT2D eigenvalue weighted by Crippen LogP contribution is -2.42. The molecule has 1 heterocycles. The molecule has 0 unspecified atom stereocenters. The third-order valence-electron chi connectivity index (χ3n) is 3.96. The van der Waals surface area contributed by atoms with Crippen molar-refractivity contribution in [3.8, 4) is 5.75 Å². The number of amides is 1. The number of nitro groups is 1. The molecule has 120 valence electrons. The molecule has 0 radical (unpaired) electrons. The number of benzene rings is 1. The van der Waals surface area contributed by atoms with Crippen LogP contribution in [0.25, 0.3) is 0 Å². The lowest BCUT2D eigenvalue weighted by molar-refractivity contribution is -0.384. The minimum absolute atomic E-state index is 0.0699. The number of nitrogens with one attached hydrogen (secondary N) is 1. The first kappa shape index (κ1) is 16.2. The van der Waals surface area contributed by atoms with Crippen molar-refractivity contribution in [3.05, 3.63) is 28.3 Å². The molecule has 1 atom stereocenters. The van der Waals surface area contributed by atoms with Crippen LogP contribution in [-0.2, 0) is 4.79 Å². The zero-order valence-corrected chi connectivity index (χ0v) is 12.9. The van der Waals surface area contributed by atoms with Gasteiger partial charge in [0, 0.05) is 12.1 Å². The van der Waals surface area contributed by atoms with E-state index in [0.717, 1.165) is 19.4 Å². The molecule has 1 aromatic rings. The van der Waals surface area contributed by atoms with E-state index in [9.17, 15) is 14.9 Å². The number of carbonyl (C=O) groups excluding carboxylic acids is 1. The topological polar surface area (TPSA) is 84.7 Å². The molecule has 0 bridgehead atoms. The van der Waals surface area contributed by atoms with Gasteiger partial charge in [0.1, 0.15) is 5.75 Å². The Hall–Kier alpha value is -2.15. The van der Waals surface area contributed by atoms with Crippen LogP contribution in [0.1, 0.15) is 26.2 Å². The average molecular weight is 307 g/mol. The molecule has 7 nitrogen and oxygen atoms in total. The summed E-state index contributed by atoms with van der Waals surface area (Å²) in [6.07, 6.45) is 3.42. The molecule has 0 aliphatic carbocycles. The van der Waals surface area contributed by atoms with Crippen LogP contribution in [-0.4, -0.2) is 42.0 Å². The van der Waals surface area contributed by atoms with Crippen molar-refractivity contribution in [1.82, 2.24) is 4.90 Å². The number of rotatable bonds is 5. The van der Waals surface area contributed by atoms with E-state index in [4.69, 9.17) is 4.74 Å². The van der Waals surface area contributed by atoms with Crippen molar-refractivity contribution in [2.24, 2.45) is 0 Å². The highest BCUT2D eigenvalue weighted by Crippen LogP contribution is 2.29. The van der Waals surface area contributed by atoms with E-state index in [2.05, 4.69) is 17.1 Å². The number of nitrogens with zero attached hydrogens (tertiary/aromatic N) is 2. The van der Waals surface area contributed by atoms with E-state index in [0.29, 0.717) is 18.3 Å². The van der Waals surface area contributed by atoms with Gasteiger partial charge in [0.25, 0.3) is 5.69 Å². The Labute approximate surface area is 129 Å². The summed E-state index contributed by atoms with van der Waals surface area (Å²) < 4.78 is 5.12. The second-order valence-electron chi connectivity index (χ2n) is 5.51. The minimum Gasteiger partial charge on any atom is -0.494 e. The van der Waals surface area contributed by atoms with Crippen LogP contribution in [0, 0.1) is 10.1 Å². The number of non-ortho nitro benzene ring substituents is 1. The molecule has 0 spiro atoms. The summed E-state index contributed by atoms with van der Waals surface area (Å²) in [5, 5.41) is 13.5. The smallest absolute Gasteiger partial charge is 0.273 e. The summed E-state index contributed by atoms with van der Waals surface area (Å²) >= 11 is 0. The summed E-state index contributed by atoms with van der Waals surface area (Å²) in [7, 11) is 1.42. The standard InChI is InChI=1S/C15H21N3O4/c1-11-5-3-4-8-17(11)10-15(19)16-13-7-6-12(18(20)21)9-14(13)22-2/h6-7,9,11H,3-5,8,10H2,1-2H3,(H,16,19)/t11-/m1/s1. The van der Waals surface area contributed by atoms with Crippen molar-refractivity contribution < 1.29 is 14.5 Å². The van der Waals surface area contributed by atoms with Crippen molar-refractivity contribution in [3.63, 3.8) is 0 Å². The second kappa shape index (κ2) is 7.22. The fraction of sp³-hybridized carbons (Fsp3) is 0.533. The van der Waals surface area contributed by atoms with Crippen LogP contribution >= 0.6 is 0 Å². The van der Waals surface area contributed by atoms with Gasteiger partial charge in [-0.15, -0.1) is 0 Å². The van der Waals surface area contributed by atoms with Crippen molar-refractivity contribution in [1.29, 1.82) is 0 Å². The van der Waals surface area contributed by atoms with Crippen LogP contribution in [0.5, 0.6) is 5.75 Å². The molecule has 1 aliphatic heterocycles. The molecule has 2 rings (SSSR count). The van der Waals surface area contributed by atoms with Crippen molar-refractivity contribution >= 4 is 17.3 Å². The predicted molar refractivity (Wildman–Crippen MR) is 83.2 cm³/mol. The third-order valence-corrected chi connectivity index (χ3v) is 3.96. The van der Waals surface area contributed by atoms with E-state index in [1.54, 1.807) is 0 Å². The van der Waals surface area contributed by atoms with E-state index in [-0.39, 0.29) is 17.3 Å². The normalized spacial score (nSPS) is 18.7. The highest BCUT2D eigenvalue weighted by molar-refractivity contribution is 5.94. The van der Waals surface area contributed by atoms with Crippen LogP contribution in [0.2, 0.25) is 0 Å². The lowest BCUT2D eigenvalue weighted by Gasteiger charge is -2.32. The van der Waals surface area contributed by atoms with Crippen LogP contribution in [0.3, 0.4) is 0 Å². The fourth-order valence-corrected chi connectivity index (χ4v) is 2.66. The fourth-order valence-electron chi connectivity index (χ4n) is 2.66. The van der Waals surface area contributed by atoms with Gasteiger partial charge in [-0.25, -0.2) is 0 Å². The number of nitro benzene ring substituents is 1. The van der Waals surface area contributed by atoms with E-state index < -0.39 is 4.92 Å². The first-order valence-corrected chi connectivity index (χ1v) is 7.37. The monoisotopic (exact) mass is 307 g/mol. The molecule has 0 aromatic heterocycles. The number of piperidine rings is 1. The molecular weight excluding hydrogens is 286 g/mol. The molecule has 0 saturated carbocycles. The first-order chi connectivity index (χ1) is 10.5. The molecule has 1 aliphatic rings. The number of ether oxygens (including phenoxy) is 1. The number of likely N-dealkylation sites (tertiary alicyclic amines) is 1. The highest BCUT2D eigenvalue weighted by Gasteiger charge is 2.21. The van der Waals surface area contributed by atoms with Gasteiger partial charge in [-0.1, -0.05) is 6.42 Å². The summed E-state index contributed by atoms with van der Waals surface area (Å²) in [6.45, 7) is 3.37. The van der Waals surface area contributed by atoms with E-state index >= 15 is 0 Å². The number of anilines is 1. The van der Waals surface area contributed by atoms with Crippen LogP contribution in [0.15, 0.2) is 18.2 Å². The summed E-state index contributed by atoms with van der Waals surface area (Å²) in [5.41, 5.74) is 0.377. The second-order valence-corrected chi connectivity index (χ2v) is 5.51. The maximum atomic E-state index is 12.2. The maximum absolute atomic E-state index is 12.2. The quantitative estimate of drug-likeness (QED) is 0.667. The zero-order valence-electron chi connectivity index (χ0n) is 12.9. The van der Waals surface area contributed by atoms with Gasteiger partial charge in [-0.05, 0) is 32.4 Å². The van der Waals surface area contributed by atoms with Gasteiger partial charge in [-0.3, -0.25) is 19.8 Å². The number of hydrogen-bond donors (Lipinski definition) is 1. The average Bonchev–Trinajstić information content (AvgIpc) is 2.49.